The van der Waals surface area contributed by atoms with E-state index in [-0.39, 0.29) is 11.5 Å². The van der Waals surface area contributed by atoms with Gasteiger partial charge < -0.3 is 9.47 Å². The summed E-state index contributed by atoms with van der Waals surface area (Å²) in [6.07, 6.45) is 1.87. The number of para-hydroxylation sites is 1. The van der Waals surface area contributed by atoms with Crippen LogP contribution in [0, 0.1) is 12.8 Å². The highest BCUT2D eigenvalue weighted by atomic mass is 16.5. The van der Waals surface area contributed by atoms with E-state index in [1.165, 1.54) is 11.1 Å². The van der Waals surface area contributed by atoms with Gasteiger partial charge in [-0.05, 0) is 77.6 Å². The van der Waals surface area contributed by atoms with Crippen molar-refractivity contribution in [3.8, 4) is 22.6 Å². The summed E-state index contributed by atoms with van der Waals surface area (Å²) in [7, 11) is 0. The molecule has 1 aromatic heterocycles. The number of aliphatic imine (C=N–C) groups is 1. The zero-order valence-corrected chi connectivity index (χ0v) is 25.9. The van der Waals surface area contributed by atoms with Gasteiger partial charge in [-0.2, -0.15) is 0 Å². The number of aryl methyl sites for hydroxylation is 1. The maximum Gasteiger partial charge on any atom is 0.216 e. The van der Waals surface area contributed by atoms with Gasteiger partial charge in [-0.25, -0.2) is 9.98 Å². The largest absolute Gasteiger partial charge is 0.475 e. The number of ether oxygens (including phenoxy) is 2. The maximum absolute atomic E-state index is 6.69. The van der Waals surface area contributed by atoms with Crippen LogP contribution in [0.5, 0.6) is 11.5 Å². The van der Waals surface area contributed by atoms with E-state index in [0.29, 0.717) is 18.4 Å². The Labute approximate surface area is 259 Å². The van der Waals surface area contributed by atoms with Crippen LogP contribution in [-0.4, -0.2) is 23.5 Å². The maximum atomic E-state index is 6.69. The molecule has 0 bridgehead atoms. The van der Waals surface area contributed by atoms with Crippen LogP contribution in [0.15, 0.2) is 114 Å². The summed E-state index contributed by atoms with van der Waals surface area (Å²) in [4.78, 5) is 12.1. The fourth-order valence-corrected chi connectivity index (χ4v) is 6.30. The summed E-state index contributed by atoms with van der Waals surface area (Å²) in [6, 6.07) is 36.0. The van der Waals surface area contributed by atoms with Gasteiger partial charge in [-0.1, -0.05) is 82.3 Å². The molecule has 0 aliphatic carbocycles. The first-order valence-corrected chi connectivity index (χ1v) is 15.3. The van der Waals surface area contributed by atoms with Crippen LogP contribution >= 0.6 is 0 Å². The van der Waals surface area contributed by atoms with E-state index in [2.05, 4.69) is 124 Å². The SMILES string of the molecule is Cc1cc(Oc2cc(C3=N[C@H](C(C)C)CO3)cc(-c3ccccc3)c2)cc(N2c3ccccc3C(C)(C)c3cccnc32)c1. The van der Waals surface area contributed by atoms with Crippen LogP contribution in [0.2, 0.25) is 0 Å². The minimum absolute atomic E-state index is 0.156. The van der Waals surface area contributed by atoms with E-state index in [1.807, 2.05) is 24.4 Å². The zero-order valence-electron chi connectivity index (χ0n) is 25.9. The molecule has 44 heavy (non-hydrogen) atoms. The second-order valence-electron chi connectivity index (χ2n) is 12.6. The summed E-state index contributed by atoms with van der Waals surface area (Å²) in [5.41, 5.74) is 8.60. The molecule has 220 valence electrons. The number of anilines is 3. The third-order valence-electron chi connectivity index (χ3n) is 8.72. The lowest BCUT2D eigenvalue weighted by molar-refractivity contribution is 0.292. The first-order chi connectivity index (χ1) is 21.3. The minimum Gasteiger partial charge on any atom is -0.475 e. The number of fused-ring (bicyclic) bond motifs is 2. The predicted octanol–water partition coefficient (Wildman–Crippen LogP) is 9.76. The second kappa shape index (κ2) is 11.0. The third kappa shape index (κ3) is 5.02. The number of benzene rings is 4. The quantitative estimate of drug-likeness (QED) is 0.201. The van der Waals surface area contributed by atoms with E-state index >= 15 is 0 Å². The lowest BCUT2D eigenvalue weighted by Gasteiger charge is -2.41. The first-order valence-electron chi connectivity index (χ1n) is 15.3. The molecule has 5 aromatic rings. The van der Waals surface area contributed by atoms with E-state index in [9.17, 15) is 0 Å². The Morgan fingerprint density at radius 1 is 0.795 bits per heavy atom. The van der Waals surface area contributed by atoms with Crippen LogP contribution in [-0.2, 0) is 10.2 Å². The fourth-order valence-electron chi connectivity index (χ4n) is 6.30. The van der Waals surface area contributed by atoms with Crippen LogP contribution in [0.1, 0.15) is 49.9 Å². The number of nitrogens with zero attached hydrogens (tertiary/aromatic N) is 3. The molecule has 0 radical (unpaired) electrons. The van der Waals surface area contributed by atoms with Crippen molar-refractivity contribution in [2.24, 2.45) is 10.9 Å². The van der Waals surface area contributed by atoms with Gasteiger partial charge in [-0.15, -0.1) is 0 Å². The highest BCUT2D eigenvalue weighted by molar-refractivity contribution is 5.97. The molecule has 2 aliphatic rings. The lowest BCUT2D eigenvalue weighted by Crippen LogP contribution is -2.31. The van der Waals surface area contributed by atoms with Crippen LogP contribution in [0.4, 0.5) is 17.2 Å². The molecule has 0 fully saturated rings. The molecule has 3 heterocycles. The van der Waals surface area contributed by atoms with Gasteiger partial charge in [0, 0.05) is 28.8 Å². The van der Waals surface area contributed by atoms with E-state index in [4.69, 9.17) is 19.5 Å². The number of rotatable bonds is 6. The number of hydrogen-bond acceptors (Lipinski definition) is 5. The molecular weight excluding hydrogens is 542 g/mol. The summed E-state index contributed by atoms with van der Waals surface area (Å²) in [5, 5.41) is 0. The number of pyridine rings is 1. The van der Waals surface area contributed by atoms with E-state index in [1.54, 1.807) is 0 Å². The highest BCUT2D eigenvalue weighted by Crippen LogP contribution is 2.51. The van der Waals surface area contributed by atoms with Gasteiger partial charge in [0.05, 0.1) is 17.4 Å². The number of hydrogen-bond donors (Lipinski definition) is 0. The first kappa shape index (κ1) is 27.9. The monoisotopic (exact) mass is 579 g/mol. The Balaban J connectivity index is 1.31. The standard InChI is InChI=1S/C39H37N3O2/c1-25(2)35-24-43-38(41-35)29-20-28(27-12-7-6-8-13-27)21-32(22-29)44-31-19-26(3)18-30(23-31)42-36-16-10-9-14-33(36)39(4,5)34-15-11-17-40-37(34)42/h6-23,25,35H,24H2,1-5H3/t35-/m0/s1. The molecule has 2 aliphatic heterocycles. The van der Waals surface area contributed by atoms with Gasteiger partial charge in [0.2, 0.25) is 5.90 Å². The molecule has 7 rings (SSSR count). The normalized spacial score (nSPS) is 16.6. The van der Waals surface area contributed by atoms with Crippen molar-refractivity contribution < 1.29 is 9.47 Å². The Hall–Kier alpha value is -4.90. The zero-order chi connectivity index (χ0) is 30.4. The van der Waals surface area contributed by atoms with Crippen molar-refractivity contribution in [1.29, 1.82) is 0 Å². The van der Waals surface area contributed by atoms with Crippen LogP contribution in [0.3, 0.4) is 0 Å². The Morgan fingerprint density at radius 2 is 1.52 bits per heavy atom. The average molecular weight is 580 g/mol. The minimum atomic E-state index is -0.173. The smallest absolute Gasteiger partial charge is 0.216 e. The van der Waals surface area contributed by atoms with Gasteiger partial charge in [0.1, 0.15) is 23.9 Å². The molecule has 0 saturated heterocycles. The summed E-state index contributed by atoms with van der Waals surface area (Å²) in [6.45, 7) is 11.6. The Kier molecular flexibility index (Phi) is 6.97. The molecule has 0 spiro atoms. The molecule has 4 aromatic carbocycles. The van der Waals surface area contributed by atoms with Crippen molar-refractivity contribution in [1.82, 2.24) is 4.98 Å². The molecule has 0 unspecified atom stereocenters. The fraction of sp³-hybridized carbons (Fsp3) is 0.231. The van der Waals surface area contributed by atoms with E-state index < -0.39 is 0 Å². The predicted molar refractivity (Wildman–Crippen MR) is 179 cm³/mol. The van der Waals surface area contributed by atoms with Gasteiger partial charge in [-0.3, -0.25) is 4.90 Å². The van der Waals surface area contributed by atoms with Crippen LogP contribution < -0.4 is 9.64 Å². The van der Waals surface area contributed by atoms with Crippen molar-refractivity contribution in [2.75, 3.05) is 11.5 Å². The number of aromatic nitrogens is 1. The summed E-state index contributed by atoms with van der Waals surface area (Å²) < 4.78 is 12.8. The van der Waals surface area contributed by atoms with Crippen LogP contribution in [0.25, 0.3) is 11.1 Å². The van der Waals surface area contributed by atoms with Gasteiger partial charge in [0.15, 0.2) is 0 Å². The van der Waals surface area contributed by atoms with Crippen molar-refractivity contribution in [3.63, 3.8) is 0 Å². The summed E-state index contributed by atoms with van der Waals surface area (Å²) >= 11 is 0. The molecular formula is C39H37N3O2. The lowest BCUT2D eigenvalue weighted by atomic mass is 9.74. The molecule has 0 saturated carbocycles. The Morgan fingerprint density at radius 3 is 2.32 bits per heavy atom. The second-order valence-corrected chi connectivity index (χ2v) is 12.6. The van der Waals surface area contributed by atoms with Crippen molar-refractivity contribution in [2.45, 2.75) is 46.1 Å². The van der Waals surface area contributed by atoms with E-state index in [0.717, 1.165) is 50.9 Å². The summed E-state index contributed by atoms with van der Waals surface area (Å²) in [5.74, 6) is 3.52. The van der Waals surface area contributed by atoms with Gasteiger partial charge in [0.25, 0.3) is 0 Å². The molecule has 5 nitrogen and oxygen atoms in total. The molecule has 5 heteroatoms. The molecule has 0 amide bonds. The van der Waals surface area contributed by atoms with Crippen molar-refractivity contribution in [3.05, 3.63) is 132 Å². The third-order valence-corrected chi connectivity index (χ3v) is 8.72. The molecule has 0 N–H and O–H groups in total. The Bertz CT molecular complexity index is 1830. The topological polar surface area (TPSA) is 47.0 Å². The van der Waals surface area contributed by atoms with Gasteiger partial charge >= 0.3 is 0 Å². The molecule has 1 atom stereocenters. The highest BCUT2D eigenvalue weighted by Gasteiger charge is 2.37. The van der Waals surface area contributed by atoms with Crippen molar-refractivity contribution >= 4 is 23.1 Å². The average Bonchev–Trinajstić information content (AvgIpc) is 3.53.